The van der Waals surface area contributed by atoms with E-state index in [1.54, 1.807) is 24.0 Å². The number of aliphatic imine (C=N–C) groups is 1. The summed E-state index contributed by atoms with van der Waals surface area (Å²) in [6.07, 6.45) is 1.59. The fourth-order valence-corrected chi connectivity index (χ4v) is 3.40. The Morgan fingerprint density at radius 1 is 1.09 bits per heavy atom. The molecule has 0 saturated heterocycles. The van der Waals surface area contributed by atoms with E-state index in [0.29, 0.717) is 17.1 Å². The molecular weight excluding hydrogens is 361 g/mol. The first kappa shape index (κ1) is 17.5. The van der Waals surface area contributed by atoms with E-state index < -0.39 is 0 Å². The van der Waals surface area contributed by atoms with Crippen LogP contribution < -0.4 is 0 Å². The lowest BCUT2D eigenvalue weighted by Crippen LogP contribution is -1.91. The number of hydrogen-bond donors (Lipinski definition) is 1. The Balaban J connectivity index is 1.81. The van der Waals surface area contributed by atoms with Crippen molar-refractivity contribution in [3.05, 3.63) is 62.6 Å². The van der Waals surface area contributed by atoms with Gasteiger partial charge in [-0.2, -0.15) is 11.8 Å². The number of phenols is 1. The third kappa shape index (κ3) is 5.10. The van der Waals surface area contributed by atoms with Crippen LogP contribution in [0.25, 0.3) is 0 Å². The van der Waals surface area contributed by atoms with Crippen LogP contribution in [0.15, 0.2) is 41.4 Å². The highest BCUT2D eigenvalue weighted by atomic mass is 35.5. The lowest BCUT2D eigenvalue weighted by molar-refractivity contribution is 0.475. The van der Waals surface area contributed by atoms with Gasteiger partial charge in [0.15, 0.2) is 0 Å². The SMILES string of the molecule is Oc1c(Cl)cc(Cl)cc1C=NCCSCc1ccccc1Cl. The molecule has 0 unspecified atom stereocenters. The summed E-state index contributed by atoms with van der Waals surface area (Å²) in [5.41, 5.74) is 1.64. The summed E-state index contributed by atoms with van der Waals surface area (Å²) < 4.78 is 0. The normalized spacial score (nSPS) is 11.2. The molecule has 2 aromatic carbocycles. The predicted molar refractivity (Wildman–Crippen MR) is 98.2 cm³/mol. The molecule has 2 aromatic rings. The van der Waals surface area contributed by atoms with E-state index in [2.05, 4.69) is 4.99 Å². The third-order valence-electron chi connectivity index (χ3n) is 2.87. The zero-order valence-electron chi connectivity index (χ0n) is 11.6. The molecule has 0 heterocycles. The highest BCUT2D eigenvalue weighted by molar-refractivity contribution is 7.98. The second-order valence-corrected chi connectivity index (χ2v) is 6.86. The molecule has 2 rings (SSSR count). The van der Waals surface area contributed by atoms with Crippen molar-refractivity contribution in [1.82, 2.24) is 0 Å². The lowest BCUT2D eigenvalue weighted by Gasteiger charge is -2.03. The maximum atomic E-state index is 9.80. The highest BCUT2D eigenvalue weighted by Gasteiger charge is 2.05. The van der Waals surface area contributed by atoms with E-state index in [1.165, 1.54) is 6.07 Å². The zero-order valence-corrected chi connectivity index (χ0v) is 14.7. The highest BCUT2D eigenvalue weighted by Crippen LogP contribution is 2.30. The smallest absolute Gasteiger partial charge is 0.143 e. The summed E-state index contributed by atoms with van der Waals surface area (Å²) in [6, 6.07) is 10.9. The van der Waals surface area contributed by atoms with Gasteiger partial charge in [0.25, 0.3) is 0 Å². The van der Waals surface area contributed by atoms with Crippen molar-refractivity contribution in [3.63, 3.8) is 0 Å². The summed E-state index contributed by atoms with van der Waals surface area (Å²) in [4.78, 5) is 4.28. The number of nitrogens with zero attached hydrogens (tertiary/aromatic N) is 1. The number of phenolic OH excluding ortho intramolecular Hbond substituents is 1. The summed E-state index contributed by atoms with van der Waals surface area (Å²) in [6.45, 7) is 0.638. The molecule has 116 valence electrons. The third-order valence-corrected chi connectivity index (χ3v) is 4.73. The molecule has 0 atom stereocenters. The van der Waals surface area contributed by atoms with Crippen molar-refractivity contribution < 1.29 is 5.11 Å². The van der Waals surface area contributed by atoms with Gasteiger partial charge < -0.3 is 5.11 Å². The topological polar surface area (TPSA) is 32.6 Å². The average Bonchev–Trinajstić information content (AvgIpc) is 2.49. The molecule has 22 heavy (non-hydrogen) atoms. The van der Waals surface area contributed by atoms with E-state index in [9.17, 15) is 5.11 Å². The molecule has 0 bridgehead atoms. The summed E-state index contributed by atoms with van der Waals surface area (Å²) in [7, 11) is 0. The fourth-order valence-electron chi connectivity index (χ4n) is 1.76. The summed E-state index contributed by atoms with van der Waals surface area (Å²) in [5, 5.41) is 11.3. The van der Waals surface area contributed by atoms with Gasteiger partial charge in [0.2, 0.25) is 0 Å². The quantitative estimate of drug-likeness (QED) is 0.519. The fraction of sp³-hybridized carbons (Fsp3) is 0.188. The molecule has 0 saturated carbocycles. The van der Waals surface area contributed by atoms with Gasteiger partial charge in [-0.05, 0) is 23.8 Å². The monoisotopic (exact) mass is 373 g/mol. The van der Waals surface area contributed by atoms with Gasteiger partial charge in [0.1, 0.15) is 5.75 Å². The molecule has 0 amide bonds. The summed E-state index contributed by atoms with van der Waals surface area (Å²) >= 11 is 19.6. The Morgan fingerprint density at radius 2 is 1.86 bits per heavy atom. The molecule has 0 spiro atoms. The minimum absolute atomic E-state index is 0.00135. The predicted octanol–water partition coefficient (Wildman–Crippen LogP) is 5.70. The van der Waals surface area contributed by atoms with Crippen molar-refractivity contribution in [2.45, 2.75) is 5.75 Å². The second-order valence-electron chi connectivity index (χ2n) is 4.50. The second kappa shape index (κ2) is 8.68. The van der Waals surface area contributed by atoms with Crippen LogP contribution in [0.2, 0.25) is 15.1 Å². The van der Waals surface area contributed by atoms with Gasteiger partial charge in [-0.15, -0.1) is 0 Å². The van der Waals surface area contributed by atoms with Crippen LogP contribution in [-0.4, -0.2) is 23.6 Å². The average molecular weight is 375 g/mol. The molecular formula is C16H14Cl3NOS. The molecule has 0 aliphatic carbocycles. The van der Waals surface area contributed by atoms with Crippen LogP contribution in [0.1, 0.15) is 11.1 Å². The zero-order chi connectivity index (χ0) is 15.9. The van der Waals surface area contributed by atoms with Gasteiger partial charge in [0, 0.05) is 39.9 Å². The number of rotatable bonds is 6. The molecule has 1 N–H and O–H groups in total. The van der Waals surface area contributed by atoms with Crippen molar-refractivity contribution >= 4 is 52.8 Å². The van der Waals surface area contributed by atoms with Crippen molar-refractivity contribution in [1.29, 1.82) is 0 Å². The van der Waals surface area contributed by atoms with E-state index in [-0.39, 0.29) is 10.8 Å². The largest absolute Gasteiger partial charge is 0.506 e. The molecule has 0 aliphatic rings. The molecule has 0 aromatic heterocycles. The van der Waals surface area contributed by atoms with E-state index in [1.807, 2.05) is 24.3 Å². The van der Waals surface area contributed by atoms with E-state index >= 15 is 0 Å². The van der Waals surface area contributed by atoms with Crippen LogP contribution >= 0.6 is 46.6 Å². The lowest BCUT2D eigenvalue weighted by atomic mass is 10.2. The minimum Gasteiger partial charge on any atom is -0.506 e. The van der Waals surface area contributed by atoms with Crippen molar-refractivity contribution in [3.8, 4) is 5.75 Å². The summed E-state index contributed by atoms with van der Waals surface area (Å²) in [5.74, 6) is 1.71. The molecule has 0 radical (unpaired) electrons. The molecule has 0 fully saturated rings. The van der Waals surface area contributed by atoms with Crippen molar-refractivity contribution in [2.24, 2.45) is 4.99 Å². The first-order chi connectivity index (χ1) is 10.6. The number of thioether (sulfide) groups is 1. The van der Waals surface area contributed by atoms with Gasteiger partial charge in [-0.3, -0.25) is 4.99 Å². The first-order valence-corrected chi connectivity index (χ1v) is 8.86. The number of aromatic hydroxyl groups is 1. The number of halogens is 3. The van der Waals surface area contributed by atoms with E-state index in [0.717, 1.165) is 22.1 Å². The van der Waals surface area contributed by atoms with Crippen LogP contribution in [-0.2, 0) is 5.75 Å². The van der Waals surface area contributed by atoms with Gasteiger partial charge >= 0.3 is 0 Å². The maximum absolute atomic E-state index is 9.80. The van der Waals surface area contributed by atoms with Crippen LogP contribution in [0, 0.1) is 0 Å². The Hall–Kier alpha value is -0.870. The van der Waals surface area contributed by atoms with Crippen LogP contribution in [0.4, 0.5) is 0 Å². The Morgan fingerprint density at radius 3 is 2.64 bits per heavy atom. The number of hydrogen-bond acceptors (Lipinski definition) is 3. The molecule has 0 aliphatic heterocycles. The van der Waals surface area contributed by atoms with Gasteiger partial charge in [0.05, 0.1) is 5.02 Å². The maximum Gasteiger partial charge on any atom is 0.143 e. The van der Waals surface area contributed by atoms with Gasteiger partial charge in [-0.25, -0.2) is 0 Å². The molecule has 6 heteroatoms. The Bertz CT molecular complexity index is 676. The standard InChI is InChI=1S/C16H14Cl3NOS/c17-13-7-12(16(21)15(19)8-13)9-20-5-6-22-10-11-3-1-2-4-14(11)18/h1-4,7-9,21H,5-6,10H2. The molecule has 2 nitrogen and oxygen atoms in total. The Kier molecular flexibility index (Phi) is 6.90. The van der Waals surface area contributed by atoms with Crippen LogP contribution in [0.3, 0.4) is 0 Å². The van der Waals surface area contributed by atoms with Crippen LogP contribution in [0.5, 0.6) is 5.75 Å². The first-order valence-electron chi connectivity index (χ1n) is 6.57. The van der Waals surface area contributed by atoms with E-state index in [4.69, 9.17) is 34.8 Å². The number of benzene rings is 2. The van der Waals surface area contributed by atoms with Gasteiger partial charge in [-0.1, -0.05) is 53.0 Å². The Labute approximate surface area is 149 Å². The minimum atomic E-state index is -0.00135. The van der Waals surface area contributed by atoms with Crippen molar-refractivity contribution in [2.75, 3.05) is 12.3 Å².